The van der Waals surface area contributed by atoms with Gasteiger partial charge in [0.1, 0.15) is 11.2 Å². The Bertz CT molecular complexity index is 1330. The summed E-state index contributed by atoms with van der Waals surface area (Å²) in [4.78, 5) is 19.3. The van der Waals surface area contributed by atoms with Crippen molar-refractivity contribution in [1.82, 2.24) is 35.0 Å². The molecule has 0 aliphatic rings. The highest BCUT2D eigenvalue weighted by atomic mass is 35.5. The molecule has 0 fully saturated rings. The maximum absolute atomic E-state index is 12.1. The number of nitrogens with zero attached hydrogens (tertiary/aromatic N) is 5. The second-order valence-corrected chi connectivity index (χ2v) is 6.12. The van der Waals surface area contributed by atoms with Crippen LogP contribution in [0.15, 0.2) is 53.3 Å². The van der Waals surface area contributed by atoms with Crippen LogP contribution in [0.4, 0.5) is 0 Å². The number of benzene rings is 2. The van der Waals surface area contributed by atoms with E-state index in [1.54, 1.807) is 16.6 Å². The Kier molecular flexibility index (Phi) is 3.13. The Hall–Kier alpha value is -3.52. The van der Waals surface area contributed by atoms with E-state index in [1.165, 1.54) is 6.07 Å². The minimum absolute atomic E-state index is 0.364. The van der Waals surface area contributed by atoms with Gasteiger partial charge in [-0.15, -0.1) is 10.2 Å². The molecule has 3 aromatic heterocycles. The van der Waals surface area contributed by atoms with Crippen LogP contribution < -0.4 is 5.56 Å². The zero-order valence-electron chi connectivity index (χ0n) is 13.1. The van der Waals surface area contributed by atoms with Crippen LogP contribution in [0.25, 0.3) is 39.5 Å². The van der Waals surface area contributed by atoms with Crippen LogP contribution >= 0.6 is 11.6 Å². The van der Waals surface area contributed by atoms with E-state index in [1.807, 2.05) is 30.3 Å². The third-order valence-corrected chi connectivity index (χ3v) is 4.39. The molecule has 0 unspecified atom stereocenters. The number of aromatic amines is 2. The fraction of sp³-hybridized carbons (Fsp3) is 0. The largest absolute Gasteiger partial charge is 0.323 e. The van der Waals surface area contributed by atoms with Gasteiger partial charge in [-0.2, -0.15) is 9.50 Å². The van der Waals surface area contributed by atoms with E-state index in [-0.39, 0.29) is 5.56 Å². The molecule has 3 heterocycles. The molecule has 5 aromatic rings. The molecule has 0 saturated heterocycles. The lowest BCUT2D eigenvalue weighted by Crippen LogP contribution is -2.10. The average Bonchev–Trinajstić information content (AvgIpc) is 3.27. The Morgan fingerprint density at radius 1 is 1.08 bits per heavy atom. The SMILES string of the molecule is O=c1cc2[nH]c(-c3ccccc3Cl)nn2c(-c2ccc3nn[nH]c3c2)n1. The summed E-state index contributed by atoms with van der Waals surface area (Å²) in [6.07, 6.45) is 0. The molecule has 2 aromatic carbocycles. The van der Waals surface area contributed by atoms with Crippen LogP contribution in [-0.2, 0) is 0 Å². The Labute approximate surface area is 150 Å². The Morgan fingerprint density at radius 3 is 2.85 bits per heavy atom. The van der Waals surface area contributed by atoms with E-state index in [9.17, 15) is 4.79 Å². The van der Waals surface area contributed by atoms with Gasteiger partial charge < -0.3 is 4.98 Å². The molecular formula is C17H10ClN7O. The van der Waals surface area contributed by atoms with Crippen LogP contribution in [0.3, 0.4) is 0 Å². The van der Waals surface area contributed by atoms with Crippen LogP contribution in [0.2, 0.25) is 5.02 Å². The van der Waals surface area contributed by atoms with Gasteiger partial charge in [-0.1, -0.05) is 28.9 Å². The molecule has 8 nitrogen and oxygen atoms in total. The van der Waals surface area contributed by atoms with Gasteiger partial charge in [-0.3, -0.25) is 9.89 Å². The van der Waals surface area contributed by atoms with E-state index >= 15 is 0 Å². The lowest BCUT2D eigenvalue weighted by Gasteiger charge is -2.02. The molecule has 126 valence electrons. The summed E-state index contributed by atoms with van der Waals surface area (Å²) in [6, 6.07) is 14.2. The van der Waals surface area contributed by atoms with E-state index < -0.39 is 0 Å². The highest BCUT2D eigenvalue weighted by molar-refractivity contribution is 6.33. The number of H-pyrrole nitrogens is 2. The molecule has 0 amide bonds. The quantitative estimate of drug-likeness (QED) is 0.501. The highest BCUT2D eigenvalue weighted by Gasteiger charge is 2.14. The van der Waals surface area contributed by atoms with Crippen molar-refractivity contribution in [3.63, 3.8) is 0 Å². The van der Waals surface area contributed by atoms with Crippen molar-refractivity contribution in [2.75, 3.05) is 0 Å². The summed E-state index contributed by atoms with van der Waals surface area (Å²) in [5.74, 6) is 0.965. The summed E-state index contributed by atoms with van der Waals surface area (Å²) in [5.41, 5.74) is 3.09. The van der Waals surface area contributed by atoms with E-state index in [2.05, 4.69) is 30.5 Å². The standard InChI is InChI=1S/C17H10ClN7O/c18-11-4-2-1-3-10(11)16-19-14-8-15(26)20-17(25(14)23-16)9-5-6-12-13(7-9)22-24-21-12/h1-8H,(H,19,23)(H,21,22,24). The first-order valence-corrected chi connectivity index (χ1v) is 8.13. The van der Waals surface area contributed by atoms with Crippen LogP contribution in [0.1, 0.15) is 0 Å². The molecule has 0 saturated carbocycles. The number of rotatable bonds is 2. The van der Waals surface area contributed by atoms with Crippen molar-refractivity contribution in [1.29, 1.82) is 0 Å². The molecule has 26 heavy (non-hydrogen) atoms. The molecule has 2 N–H and O–H groups in total. The lowest BCUT2D eigenvalue weighted by molar-refractivity contribution is 0.927. The number of nitrogens with one attached hydrogen (secondary N) is 2. The lowest BCUT2D eigenvalue weighted by atomic mass is 10.2. The van der Waals surface area contributed by atoms with Gasteiger partial charge >= 0.3 is 0 Å². The van der Waals surface area contributed by atoms with Crippen molar-refractivity contribution in [2.24, 2.45) is 0 Å². The smallest absolute Gasteiger partial charge is 0.275 e. The van der Waals surface area contributed by atoms with Crippen molar-refractivity contribution < 1.29 is 0 Å². The van der Waals surface area contributed by atoms with E-state index in [0.29, 0.717) is 27.9 Å². The fourth-order valence-corrected chi connectivity index (χ4v) is 3.08. The van der Waals surface area contributed by atoms with Crippen molar-refractivity contribution in [3.8, 4) is 22.8 Å². The van der Waals surface area contributed by atoms with Crippen molar-refractivity contribution in [2.45, 2.75) is 0 Å². The van der Waals surface area contributed by atoms with Crippen LogP contribution in [-0.4, -0.2) is 35.0 Å². The molecule has 9 heteroatoms. The molecule has 0 aliphatic carbocycles. The van der Waals surface area contributed by atoms with Crippen LogP contribution in [0, 0.1) is 0 Å². The second kappa shape index (κ2) is 5.50. The predicted octanol–water partition coefficient (Wildman–Crippen LogP) is 2.68. The molecule has 0 atom stereocenters. The van der Waals surface area contributed by atoms with Gasteiger partial charge in [-0.05, 0) is 30.3 Å². The maximum Gasteiger partial charge on any atom is 0.275 e. The van der Waals surface area contributed by atoms with Gasteiger partial charge in [0.25, 0.3) is 5.56 Å². The first kappa shape index (κ1) is 14.8. The van der Waals surface area contributed by atoms with Gasteiger partial charge in [0.05, 0.1) is 10.5 Å². The fourth-order valence-electron chi connectivity index (χ4n) is 2.86. The van der Waals surface area contributed by atoms with Gasteiger partial charge in [0.15, 0.2) is 11.6 Å². The van der Waals surface area contributed by atoms with E-state index in [0.717, 1.165) is 16.6 Å². The average molecular weight is 364 g/mol. The molecule has 0 spiro atoms. The van der Waals surface area contributed by atoms with Crippen molar-refractivity contribution >= 4 is 28.3 Å². The third-order valence-electron chi connectivity index (χ3n) is 4.06. The van der Waals surface area contributed by atoms with Crippen molar-refractivity contribution in [3.05, 3.63) is 63.9 Å². The minimum Gasteiger partial charge on any atom is -0.323 e. The molecule has 5 rings (SSSR count). The molecule has 0 radical (unpaired) electrons. The summed E-state index contributed by atoms with van der Waals surface area (Å²) in [6.45, 7) is 0. The number of fused-ring (bicyclic) bond motifs is 2. The molecule has 0 aliphatic heterocycles. The Morgan fingerprint density at radius 2 is 1.96 bits per heavy atom. The second-order valence-electron chi connectivity index (χ2n) is 5.71. The van der Waals surface area contributed by atoms with Gasteiger partial charge in [0, 0.05) is 17.2 Å². The third kappa shape index (κ3) is 2.27. The molecule has 0 bridgehead atoms. The monoisotopic (exact) mass is 363 g/mol. The number of hydrogen-bond acceptors (Lipinski definition) is 5. The zero-order valence-corrected chi connectivity index (χ0v) is 13.9. The summed E-state index contributed by atoms with van der Waals surface area (Å²) in [7, 11) is 0. The summed E-state index contributed by atoms with van der Waals surface area (Å²) < 4.78 is 1.59. The first-order valence-electron chi connectivity index (χ1n) is 7.75. The minimum atomic E-state index is -0.364. The zero-order chi connectivity index (χ0) is 17.7. The number of aromatic nitrogens is 7. The maximum atomic E-state index is 12.1. The van der Waals surface area contributed by atoms with Gasteiger partial charge in [0.2, 0.25) is 0 Å². The normalized spacial score (nSPS) is 11.4. The van der Waals surface area contributed by atoms with E-state index in [4.69, 9.17) is 11.6 Å². The predicted molar refractivity (Wildman–Crippen MR) is 96.9 cm³/mol. The molecular weight excluding hydrogens is 354 g/mol. The van der Waals surface area contributed by atoms with Gasteiger partial charge in [-0.25, -0.2) is 0 Å². The topological polar surface area (TPSA) is 105 Å². The number of hydrogen-bond donors (Lipinski definition) is 2. The summed E-state index contributed by atoms with van der Waals surface area (Å²) in [5, 5.41) is 15.7. The number of halogens is 1. The highest BCUT2D eigenvalue weighted by Crippen LogP contribution is 2.26. The Balaban J connectivity index is 1.77. The first-order chi connectivity index (χ1) is 12.7. The summed E-state index contributed by atoms with van der Waals surface area (Å²) >= 11 is 6.26. The van der Waals surface area contributed by atoms with Crippen LogP contribution in [0.5, 0.6) is 0 Å².